The molecular weight excluding hydrogens is 212 g/mol. The Balaban J connectivity index is 3.09. The minimum Gasteiger partial charge on any atom is -0.496 e. The second kappa shape index (κ2) is 4.97. The Labute approximate surface area is 91.6 Å². The zero-order valence-corrected chi connectivity index (χ0v) is 8.51. The van der Waals surface area contributed by atoms with E-state index >= 15 is 0 Å². The number of methoxy groups -OCH3 is 1. The number of carboxylic acids is 2. The Morgan fingerprint density at radius 2 is 2.00 bits per heavy atom. The molecule has 0 heterocycles. The molecule has 0 aliphatic rings. The lowest BCUT2D eigenvalue weighted by atomic mass is 10.1. The predicted octanol–water partition coefficient (Wildman–Crippen LogP) is 1.49. The lowest BCUT2D eigenvalue weighted by molar-refractivity contribution is -0.131. The van der Waals surface area contributed by atoms with E-state index < -0.39 is 11.9 Å². The maximum atomic E-state index is 10.8. The zero-order chi connectivity index (χ0) is 12.1. The molecule has 0 saturated carbocycles. The molecule has 1 aromatic carbocycles. The van der Waals surface area contributed by atoms with Crippen LogP contribution in [0.5, 0.6) is 5.75 Å². The number of carbonyl (C=O) groups is 2. The molecule has 0 amide bonds. The number of hydrogen-bond acceptors (Lipinski definition) is 3. The third-order valence-electron chi connectivity index (χ3n) is 1.87. The molecule has 0 atom stereocenters. The van der Waals surface area contributed by atoms with Crippen LogP contribution < -0.4 is 4.74 Å². The summed E-state index contributed by atoms with van der Waals surface area (Å²) in [5.41, 5.74) is 0.597. The van der Waals surface area contributed by atoms with Gasteiger partial charge in [-0.2, -0.15) is 0 Å². The van der Waals surface area contributed by atoms with Crippen molar-refractivity contribution < 1.29 is 24.5 Å². The Morgan fingerprint density at radius 3 is 2.50 bits per heavy atom. The van der Waals surface area contributed by atoms with Crippen molar-refractivity contribution in [2.24, 2.45) is 0 Å². The maximum Gasteiger partial charge on any atom is 0.339 e. The van der Waals surface area contributed by atoms with Crippen molar-refractivity contribution in [2.45, 2.75) is 0 Å². The smallest absolute Gasteiger partial charge is 0.339 e. The monoisotopic (exact) mass is 222 g/mol. The van der Waals surface area contributed by atoms with Crippen LogP contribution in [-0.2, 0) is 4.79 Å². The first kappa shape index (κ1) is 11.8. The first-order valence-electron chi connectivity index (χ1n) is 4.37. The maximum absolute atomic E-state index is 10.8. The molecule has 2 N–H and O–H groups in total. The summed E-state index contributed by atoms with van der Waals surface area (Å²) in [5, 5.41) is 17.2. The van der Waals surface area contributed by atoms with Gasteiger partial charge >= 0.3 is 11.9 Å². The summed E-state index contributed by atoms with van der Waals surface area (Å²) < 4.78 is 4.89. The fourth-order valence-corrected chi connectivity index (χ4v) is 1.16. The summed E-state index contributed by atoms with van der Waals surface area (Å²) in [6.45, 7) is 0. The van der Waals surface area contributed by atoms with Gasteiger partial charge in [0.05, 0.1) is 7.11 Å². The van der Waals surface area contributed by atoms with Gasteiger partial charge in [-0.25, -0.2) is 9.59 Å². The second-order valence-corrected chi connectivity index (χ2v) is 2.94. The van der Waals surface area contributed by atoms with Gasteiger partial charge in [-0.1, -0.05) is 6.07 Å². The second-order valence-electron chi connectivity index (χ2n) is 2.94. The van der Waals surface area contributed by atoms with Crippen LogP contribution in [0.1, 0.15) is 15.9 Å². The van der Waals surface area contributed by atoms with Gasteiger partial charge in [-0.05, 0) is 23.8 Å². The number of hydrogen-bond donors (Lipinski definition) is 2. The van der Waals surface area contributed by atoms with Crippen molar-refractivity contribution in [3.63, 3.8) is 0 Å². The van der Waals surface area contributed by atoms with Gasteiger partial charge in [0.15, 0.2) is 0 Å². The first-order chi connectivity index (χ1) is 7.54. The molecule has 84 valence electrons. The molecule has 0 aliphatic heterocycles. The average molecular weight is 222 g/mol. The summed E-state index contributed by atoms with van der Waals surface area (Å²) in [7, 11) is 1.35. The van der Waals surface area contributed by atoms with Crippen molar-refractivity contribution in [3.05, 3.63) is 35.4 Å². The molecule has 0 radical (unpaired) electrons. The van der Waals surface area contributed by atoms with E-state index in [0.717, 1.165) is 6.08 Å². The molecule has 5 nitrogen and oxygen atoms in total. The fourth-order valence-electron chi connectivity index (χ4n) is 1.16. The Bertz CT molecular complexity index is 448. The zero-order valence-electron chi connectivity index (χ0n) is 8.51. The van der Waals surface area contributed by atoms with Crippen LogP contribution in [0.15, 0.2) is 24.3 Å². The van der Waals surface area contributed by atoms with Gasteiger partial charge in [0.1, 0.15) is 11.3 Å². The summed E-state index contributed by atoms with van der Waals surface area (Å²) in [4.78, 5) is 21.1. The largest absolute Gasteiger partial charge is 0.496 e. The van der Waals surface area contributed by atoms with E-state index in [2.05, 4.69) is 0 Å². The Kier molecular flexibility index (Phi) is 3.66. The molecule has 0 bridgehead atoms. The highest BCUT2D eigenvalue weighted by atomic mass is 16.5. The molecule has 1 rings (SSSR count). The number of benzene rings is 1. The normalized spacial score (nSPS) is 10.3. The third kappa shape index (κ3) is 2.84. The van der Waals surface area contributed by atoms with E-state index in [-0.39, 0.29) is 11.3 Å². The van der Waals surface area contributed by atoms with Gasteiger partial charge in [-0.15, -0.1) is 0 Å². The minimum absolute atomic E-state index is 0.0370. The van der Waals surface area contributed by atoms with Crippen LogP contribution in [0.2, 0.25) is 0 Å². The average Bonchev–Trinajstić information content (AvgIpc) is 2.25. The van der Waals surface area contributed by atoms with Crippen molar-refractivity contribution in [2.75, 3.05) is 7.11 Å². The fraction of sp³-hybridized carbons (Fsp3) is 0.0909. The first-order valence-corrected chi connectivity index (χ1v) is 4.37. The van der Waals surface area contributed by atoms with E-state index in [1.165, 1.54) is 31.4 Å². The number of carboxylic acid groups (broad SMARTS) is 2. The van der Waals surface area contributed by atoms with Gasteiger partial charge in [-0.3, -0.25) is 0 Å². The van der Waals surface area contributed by atoms with Crippen molar-refractivity contribution in [1.29, 1.82) is 0 Å². The van der Waals surface area contributed by atoms with Crippen molar-refractivity contribution in [3.8, 4) is 5.75 Å². The molecule has 1 aromatic rings. The number of aromatic carboxylic acids is 1. The highest BCUT2D eigenvalue weighted by molar-refractivity contribution is 5.91. The summed E-state index contributed by atoms with van der Waals surface area (Å²) >= 11 is 0. The standard InChI is InChI=1S/C11H10O5/c1-16-9-6-7(3-5-10(12)13)2-4-8(9)11(14)15/h2-6H,1H3,(H,12,13)(H,14,15)/b5-3+. The van der Waals surface area contributed by atoms with E-state index in [1.807, 2.05) is 0 Å². The lowest BCUT2D eigenvalue weighted by Gasteiger charge is -2.05. The topological polar surface area (TPSA) is 83.8 Å². The SMILES string of the molecule is COc1cc(/C=C/C(=O)O)ccc1C(=O)O. The van der Waals surface area contributed by atoms with Gasteiger partial charge in [0.25, 0.3) is 0 Å². The van der Waals surface area contributed by atoms with E-state index in [0.29, 0.717) is 5.56 Å². The van der Waals surface area contributed by atoms with Gasteiger partial charge in [0.2, 0.25) is 0 Å². The quantitative estimate of drug-likeness (QED) is 0.754. The molecule has 0 spiro atoms. The third-order valence-corrected chi connectivity index (χ3v) is 1.87. The highest BCUT2D eigenvalue weighted by Crippen LogP contribution is 2.20. The van der Waals surface area contributed by atoms with Crippen LogP contribution in [0.4, 0.5) is 0 Å². The van der Waals surface area contributed by atoms with Gasteiger partial charge < -0.3 is 14.9 Å². The number of rotatable bonds is 4. The summed E-state index contributed by atoms with van der Waals surface area (Å²) in [6.07, 6.45) is 2.33. The predicted molar refractivity (Wildman–Crippen MR) is 56.6 cm³/mol. The van der Waals surface area contributed by atoms with Crippen LogP contribution in [0.25, 0.3) is 6.08 Å². The molecule has 0 unspecified atom stereocenters. The van der Waals surface area contributed by atoms with Crippen LogP contribution in [0.3, 0.4) is 0 Å². The van der Waals surface area contributed by atoms with E-state index in [4.69, 9.17) is 14.9 Å². The molecule has 0 aliphatic carbocycles. The molecule has 0 fully saturated rings. The van der Waals surface area contributed by atoms with Crippen LogP contribution >= 0.6 is 0 Å². The van der Waals surface area contributed by atoms with Crippen molar-refractivity contribution in [1.82, 2.24) is 0 Å². The molecule has 0 aromatic heterocycles. The Hall–Kier alpha value is -2.30. The van der Waals surface area contributed by atoms with Gasteiger partial charge in [0, 0.05) is 6.08 Å². The van der Waals surface area contributed by atoms with E-state index in [1.54, 1.807) is 0 Å². The van der Waals surface area contributed by atoms with E-state index in [9.17, 15) is 9.59 Å². The minimum atomic E-state index is -1.09. The number of ether oxygens (including phenoxy) is 1. The molecule has 16 heavy (non-hydrogen) atoms. The highest BCUT2D eigenvalue weighted by Gasteiger charge is 2.10. The number of aliphatic carboxylic acids is 1. The van der Waals surface area contributed by atoms with Crippen LogP contribution in [0, 0.1) is 0 Å². The summed E-state index contributed by atoms with van der Waals surface area (Å²) in [6, 6.07) is 4.33. The van der Waals surface area contributed by atoms with Crippen LogP contribution in [-0.4, -0.2) is 29.3 Å². The molecular formula is C11H10O5. The molecule has 5 heteroatoms. The lowest BCUT2D eigenvalue weighted by Crippen LogP contribution is -2.00. The summed E-state index contributed by atoms with van der Waals surface area (Å²) in [5.74, 6) is -1.97. The molecule has 0 saturated heterocycles. The van der Waals surface area contributed by atoms with Crippen molar-refractivity contribution >= 4 is 18.0 Å². The Morgan fingerprint density at radius 1 is 1.31 bits per heavy atom.